The van der Waals surface area contributed by atoms with E-state index in [1.807, 2.05) is 32.0 Å². The molecule has 172 valence electrons. The van der Waals surface area contributed by atoms with Crippen molar-refractivity contribution in [1.82, 2.24) is 4.31 Å². The zero-order valence-electron chi connectivity index (χ0n) is 18.6. The average molecular weight is 484 g/mol. The largest absolute Gasteiger partial charge is 0.224 e. The second-order valence-corrected chi connectivity index (χ2v) is 14.2. The number of thiophene rings is 1. The van der Waals surface area contributed by atoms with Gasteiger partial charge in [0.1, 0.15) is 0 Å². The van der Waals surface area contributed by atoms with Crippen molar-refractivity contribution in [3.8, 4) is 10.4 Å². The fourth-order valence-electron chi connectivity index (χ4n) is 4.11. The van der Waals surface area contributed by atoms with Crippen molar-refractivity contribution in [2.24, 2.45) is 11.8 Å². The summed E-state index contributed by atoms with van der Waals surface area (Å²) in [5.74, 6) is 0.756. The Hall–Kier alpha value is -1.22. The molecule has 0 atom stereocenters. The maximum absolute atomic E-state index is 13.2. The lowest BCUT2D eigenvalue weighted by Crippen LogP contribution is -2.37. The first-order valence-electron chi connectivity index (χ1n) is 10.9. The second-order valence-electron chi connectivity index (χ2n) is 9.03. The minimum absolute atomic E-state index is 0.243. The van der Waals surface area contributed by atoms with Gasteiger partial charge in [0.15, 0.2) is 9.84 Å². The Kier molecular flexibility index (Phi) is 8.00. The van der Waals surface area contributed by atoms with Crippen LogP contribution in [0.2, 0.25) is 0 Å². The fourth-order valence-corrected chi connectivity index (χ4v) is 7.88. The Bertz CT molecular complexity index is 1080. The highest BCUT2D eigenvalue weighted by molar-refractivity contribution is 7.90. The van der Waals surface area contributed by atoms with Crippen LogP contribution in [0, 0.1) is 11.8 Å². The molecule has 0 aliphatic heterocycles. The molecule has 0 N–H and O–H groups in total. The quantitative estimate of drug-likeness (QED) is 0.492. The fraction of sp³-hybridized carbons (Fsp3) is 0.565. The summed E-state index contributed by atoms with van der Waals surface area (Å²) < 4.78 is 51.9. The van der Waals surface area contributed by atoms with Crippen LogP contribution in [-0.4, -0.2) is 39.7 Å². The van der Waals surface area contributed by atoms with Crippen molar-refractivity contribution in [2.45, 2.75) is 57.4 Å². The molecule has 1 saturated carbocycles. The topological polar surface area (TPSA) is 71.5 Å². The highest BCUT2D eigenvalue weighted by Crippen LogP contribution is 2.32. The lowest BCUT2D eigenvalue weighted by molar-refractivity contribution is 0.344. The molecule has 0 saturated heterocycles. The van der Waals surface area contributed by atoms with Crippen LogP contribution in [0.4, 0.5) is 0 Å². The van der Waals surface area contributed by atoms with Crippen molar-refractivity contribution < 1.29 is 16.8 Å². The smallest absolute Gasteiger partial charge is 0.214 e. The number of sulfone groups is 1. The van der Waals surface area contributed by atoms with Crippen LogP contribution < -0.4 is 0 Å². The molecule has 1 aliphatic rings. The van der Waals surface area contributed by atoms with E-state index in [0.29, 0.717) is 13.1 Å². The third-order valence-corrected chi connectivity index (χ3v) is 9.86. The van der Waals surface area contributed by atoms with Gasteiger partial charge in [0.05, 0.1) is 10.6 Å². The number of benzene rings is 1. The molecule has 0 amide bonds. The minimum Gasteiger partial charge on any atom is -0.224 e. The first kappa shape index (κ1) is 24.4. The third-order valence-electron chi connectivity index (χ3n) is 5.67. The molecule has 0 unspecified atom stereocenters. The van der Waals surface area contributed by atoms with Crippen LogP contribution in [0.1, 0.15) is 50.8 Å². The predicted octanol–water partition coefficient (Wildman–Crippen LogP) is 5.19. The summed E-state index contributed by atoms with van der Waals surface area (Å²) in [5, 5.41) is 0. The lowest BCUT2D eigenvalue weighted by atomic mass is 9.91. The van der Waals surface area contributed by atoms with Gasteiger partial charge in [-0.2, -0.15) is 4.31 Å². The molecule has 1 aliphatic carbocycles. The Balaban J connectivity index is 1.79. The van der Waals surface area contributed by atoms with E-state index in [1.54, 1.807) is 22.5 Å². The van der Waals surface area contributed by atoms with Gasteiger partial charge < -0.3 is 0 Å². The average Bonchev–Trinajstić information content (AvgIpc) is 3.16. The molecule has 1 heterocycles. The summed E-state index contributed by atoms with van der Waals surface area (Å²) in [6.07, 6.45) is 6.69. The van der Waals surface area contributed by atoms with Gasteiger partial charge in [-0.1, -0.05) is 45.2 Å². The van der Waals surface area contributed by atoms with E-state index in [9.17, 15) is 16.8 Å². The Labute approximate surface area is 191 Å². The number of rotatable bonds is 9. The maximum Gasteiger partial charge on any atom is 0.214 e. The van der Waals surface area contributed by atoms with Gasteiger partial charge in [-0.25, -0.2) is 16.8 Å². The summed E-state index contributed by atoms with van der Waals surface area (Å²) in [5.41, 5.74) is 0.833. The molecule has 0 spiro atoms. The van der Waals surface area contributed by atoms with E-state index in [4.69, 9.17) is 0 Å². The van der Waals surface area contributed by atoms with Crippen LogP contribution in [0.25, 0.3) is 10.4 Å². The standard InChI is InChI=1S/C23H33NO4S3/c1-18(2)15-24(31(27,28)17-19-8-5-4-6-9-19)16-21-12-13-23(29-21)20-10-7-11-22(14-20)30(3,25)26/h7,10-14,18-19H,4-6,8-9,15-17H2,1-3H3. The molecule has 5 nitrogen and oxygen atoms in total. The number of hydrogen-bond donors (Lipinski definition) is 0. The zero-order valence-corrected chi connectivity index (χ0v) is 21.0. The van der Waals surface area contributed by atoms with Crippen molar-refractivity contribution in [1.29, 1.82) is 0 Å². The van der Waals surface area contributed by atoms with E-state index in [-0.39, 0.29) is 22.5 Å². The summed E-state index contributed by atoms with van der Waals surface area (Å²) in [4.78, 5) is 2.19. The van der Waals surface area contributed by atoms with Crippen LogP contribution in [0.15, 0.2) is 41.3 Å². The maximum atomic E-state index is 13.2. The molecule has 1 aromatic heterocycles. The van der Waals surface area contributed by atoms with Crippen molar-refractivity contribution in [3.63, 3.8) is 0 Å². The highest BCUT2D eigenvalue weighted by Gasteiger charge is 2.28. The van der Waals surface area contributed by atoms with Crippen LogP contribution in [0.3, 0.4) is 0 Å². The van der Waals surface area contributed by atoms with E-state index in [2.05, 4.69) is 0 Å². The van der Waals surface area contributed by atoms with Gasteiger partial charge in [-0.15, -0.1) is 11.3 Å². The number of sulfonamides is 1. The van der Waals surface area contributed by atoms with Gasteiger partial charge in [-0.05, 0) is 54.5 Å². The van der Waals surface area contributed by atoms with Gasteiger partial charge in [0.25, 0.3) is 0 Å². The van der Waals surface area contributed by atoms with Gasteiger partial charge in [-0.3, -0.25) is 0 Å². The molecular formula is C23H33NO4S3. The monoisotopic (exact) mass is 483 g/mol. The van der Waals surface area contributed by atoms with Crippen LogP contribution >= 0.6 is 11.3 Å². The van der Waals surface area contributed by atoms with Gasteiger partial charge >= 0.3 is 0 Å². The molecule has 2 aromatic rings. The minimum atomic E-state index is -3.34. The molecule has 0 radical (unpaired) electrons. The molecule has 1 fully saturated rings. The van der Waals surface area contributed by atoms with Gasteiger partial charge in [0.2, 0.25) is 10.0 Å². The molecule has 31 heavy (non-hydrogen) atoms. The summed E-state index contributed by atoms with van der Waals surface area (Å²) >= 11 is 1.52. The SMILES string of the molecule is CC(C)CN(Cc1ccc(-c2cccc(S(C)(=O)=O)c2)s1)S(=O)(=O)CC1CCCCC1. The molecular weight excluding hydrogens is 450 g/mol. The summed E-state index contributed by atoms with van der Waals surface area (Å²) in [6.45, 7) is 4.95. The lowest BCUT2D eigenvalue weighted by Gasteiger charge is -2.27. The molecule has 0 bridgehead atoms. The Morgan fingerprint density at radius 2 is 1.74 bits per heavy atom. The predicted molar refractivity (Wildman–Crippen MR) is 128 cm³/mol. The first-order valence-corrected chi connectivity index (χ1v) is 15.2. The number of nitrogens with zero attached hydrogens (tertiary/aromatic N) is 1. The normalized spacial score (nSPS) is 16.3. The highest BCUT2D eigenvalue weighted by atomic mass is 32.2. The van der Waals surface area contributed by atoms with E-state index >= 15 is 0 Å². The van der Waals surface area contributed by atoms with E-state index in [0.717, 1.165) is 41.0 Å². The Morgan fingerprint density at radius 1 is 1.03 bits per heavy atom. The van der Waals surface area contributed by atoms with Crippen molar-refractivity contribution >= 4 is 31.2 Å². The number of hydrogen-bond acceptors (Lipinski definition) is 5. The zero-order chi connectivity index (χ0) is 22.6. The van der Waals surface area contributed by atoms with Crippen molar-refractivity contribution in [3.05, 3.63) is 41.3 Å². The van der Waals surface area contributed by atoms with Crippen molar-refractivity contribution in [2.75, 3.05) is 18.6 Å². The second kappa shape index (κ2) is 10.1. The first-order chi connectivity index (χ1) is 14.5. The summed E-state index contributed by atoms with van der Waals surface area (Å²) in [6, 6.07) is 10.8. The Morgan fingerprint density at radius 3 is 2.39 bits per heavy atom. The van der Waals surface area contributed by atoms with E-state index < -0.39 is 19.9 Å². The van der Waals surface area contributed by atoms with E-state index in [1.165, 1.54) is 24.0 Å². The van der Waals surface area contributed by atoms with Crippen LogP contribution in [-0.2, 0) is 26.4 Å². The van der Waals surface area contributed by atoms with Crippen LogP contribution in [0.5, 0.6) is 0 Å². The molecule has 1 aromatic carbocycles. The summed E-state index contributed by atoms with van der Waals surface area (Å²) in [7, 11) is -6.61. The van der Waals surface area contributed by atoms with Gasteiger partial charge in [0, 0.05) is 29.1 Å². The molecule has 3 rings (SSSR count). The molecule has 8 heteroatoms. The third kappa shape index (κ3) is 6.88.